The summed E-state index contributed by atoms with van der Waals surface area (Å²) in [5.41, 5.74) is 24.6. The van der Waals surface area contributed by atoms with Crippen molar-refractivity contribution < 1.29 is 4.42 Å². The molecule has 0 N–H and O–H groups in total. The first kappa shape index (κ1) is 37.5. The number of aryl methyl sites for hydroxylation is 1. The Morgan fingerprint density at radius 3 is 1.31 bits per heavy atom. The first-order chi connectivity index (χ1) is 33.7. The Bertz CT molecular complexity index is 3860. The van der Waals surface area contributed by atoms with E-state index in [1.165, 1.54) is 66.8 Å². The van der Waals surface area contributed by atoms with Gasteiger partial charge in [0.2, 0.25) is 0 Å². The second kappa shape index (κ2) is 14.2. The van der Waals surface area contributed by atoms with E-state index in [0.717, 1.165) is 61.8 Å². The van der Waals surface area contributed by atoms with E-state index in [9.17, 15) is 0 Å². The Kier molecular flexibility index (Phi) is 7.82. The van der Waals surface area contributed by atoms with E-state index in [1.807, 2.05) is 0 Å². The van der Waals surface area contributed by atoms with Crippen LogP contribution >= 0.6 is 0 Å². The number of para-hydroxylation sites is 7. The predicted octanol–water partition coefficient (Wildman–Crippen LogP) is 12.1. The van der Waals surface area contributed by atoms with Crippen LogP contribution in [-0.2, 0) is 0 Å². The van der Waals surface area contributed by atoms with Gasteiger partial charge in [-0.15, -0.1) is 0 Å². The Morgan fingerprint density at radius 2 is 0.750 bits per heavy atom. The van der Waals surface area contributed by atoms with Gasteiger partial charge in [-0.25, -0.2) is 0 Å². The Labute approximate surface area is 395 Å². The third-order valence-electron chi connectivity index (χ3n) is 14.8. The lowest BCUT2D eigenvalue weighted by Gasteiger charge is -2.47. The molecule has 0 aliphatic carbocycles. The third kappa shape index (κ3) is 5.13. The van der Waals surface area contributed by atoms with Crippen LogP contribution in [0.4, 0.5) is 68.2 Å². The number of anilines is 12. The fourth-order valence-corrected chi connectivity index (χ4v) is 12.2. The molecule has 5 nitrogen and oxygen atoms in total. The molecule has 15 rings (SSSR count). The van der Waals surface area contributed by atoms with Gasteiger partial charge >= 0.3 is 0 Å². The fourth-order valence-electron chi connectivity index (χ4n) is 12.2. The zero-order valence-electron chi connectivity index (χ0n) is 37.2. The Hall–Kier alpha value is -8.67. The molecule has 0 spiro atoms. The summed E-state index contributed by atoms with van der Waals surface area (Å²) >= 11 is 0. The van der Waals surface area contributed by atoms with Crippen molar-refractivity contribution in [1.29, 1.82) is 0 Å². The maximum absolute atomic E-state index is 6.93. The maximum Gasteiger partial charge on any atom is 0.252 e. The highest BCUT2D eigenvalue weighted by atomic mass is 16.3. The van der Waals surface area contributed by atoms with Gasteiger partial charge in [0.15, 0.2) is 0 Å². The lowest BCUT2D eigenvalue weighted by Crippen LogP contribution is -2.65. The van der Waals surface area contributed by atoms with Crippen molar-refractivity contribution in [2.45, 2.75) is 6.92 Å². The molecule has 0 bridgehead atoms. The van der Waals surface area contributed by atoms with Gasteiger partial charge in [0, 0.05) is 74.0 Å². The summed E-state index contributed by atoms with van der Waals surface area (Å²) in [6.45, 7) is 2.10. The molecule has 11 aromatic rings. The van der Waals surface area contributed by atoms with E-state index in [0.29, 0.717) is 0 Å². The van der Waals surface area contributed by atoms with E-state index in [-0.39, 0.29) is 13.4 Å². The minimum absolute atomic E-state index is 0.0389. The highest BCUT2D eigenvalue weighted by Gasteiger charge is 2.49. The van der Waals surface area contributed by atoms with Crippen molar-refractivity contribution in [3.05, 3.63) is 230 Å². The molecule has 0 saturated heterocycles. The summed E-state index contributed by atoms with van der Waals surface area (Å²) in [6, 6.07) is 82.6. The first-order valence-electron chi connectivity index (χ1n) is 23.6. The molecule has 68 heavy (non-hydrogen) atoms. The molecule has 0 fully saturated rings. The summed E-state index contributed by atoms with van der Waals surface area (Å²) in [5, 5.41) is 2.23. The van der Waals surface area contributed by atoms with Crippen LogP contribution in [0.15, 0.2) is 229 Å². The maximum atomic E-state index is 6.93. The number of furan rings is 1. The topological polar surface area (TPSA) is 26.1 Å². The fraction of sp³-hybridized carbons (Fsp3) is 0.0164. The molecule has 4 aliphatic heterocycles. The van der Waals surface area contributed by atoms with Gasteiger partial charge in [0.1, 0.15) is 11.2 Å². The van der Waals surface area contributed by atoms with Gasteiger partial charge in [0.05, 0.1) is 11.1 Å². The van der Waals surface area contributed by atoms with Gasteiger partial charge in [-0.2, -0.15) is 0 Å². The number of hydrogen-bond acceptors (Lipinski definition) is 5. The third-order valence-corrected chi connectivity index (χ3v) is 14.8. The highest BCUT2D eigenvalue weighted by molar-refractivity contribution is 7.03. The Balaban J connectivity index is 1.10. The van der Waals surface area contributed by atoms with Gasteiger partial charge < -0.3 is 24.0 Å². The monoisotopic (exact) mass is 866 g/mol. The molecular weight excluding hydrogens is 826 g/mol. The lowest BCUT2D eigenvalue weighted by atomic mass is 9.30. The van der Waals surface area contributed by atoms with Crippen LogP contribution in [0, 0.1) is 6.92 Å². The summed E-state index contributed by atoms with van der Waals surface area (Å²) in [6.07, 6.45) is 0. The van der Waals surface area contributed by atoms with E-state index in [2.05, 4.69) is 251 Å². The van der Waals surface area contributed by atoms with Crippen molar-refractivity contribution in [2.75, 3.05) is 19.6 Å². The minimum atomic E-state index is -0.0989. The first-order valence-corrected chi connectivity index (χ1v) is 23.6. The molecule has 0 amide bonds. The van der Waals surface area contributed by atoms with Crippen LogP contribution in [0.5, 0.6) is 0 Å². The van der Waals surface area contributed by atoms with Crippen molar-refractivity contribution in [3.63, 3.8) is 0 Å². The number of fused-ring (bicyclic) bond motifs is 12. The molecule has 4 aliphatic rings. The predicted molar refractivity (Wildman–Crippen MR) is 287 cm³/mol. The minimum Gasteiger partial charge on any atom is -0.456 e. The van der Waals surface area contributed by atoms with Gasteiger partial charge in [0.25, 0.3) is 13.4 Å². The number of benzene rings is 10. The number of hydrogen-bond donors (Lipinski definition) is 0. The molecule has 7 heteroatoms. The van der Waals surface area contributed by atoms with Crippen molar-refractivity contribution in [3.8, 4) is 0 Å². The van der Waals surface area contributed by atoms with E-state index < -0.39 is 0 Å². The molecule has 10 aromatic carbocycles. The smallest absolute Gasteiger partial charge is 0.252 e. The molecule has 0 radical (unpaired) electrons. The van der Waals surface area contributed by atoms with Gasteiger partial charge in [-0.1, -0.05) is 133 Å². The largest absolute Gasteiger partial charge is 0.456 e. The number of nitrogens with zero attached hydrogens (tertiary/aromatic N) is 4. The quantitative estimate of drug-likeness (QED) is 0.164. The average Bonchev–Trinajstić information content (AvgIpc) is 3.77. The van der Waals surface area contributed by atoms with Crippen LogP contribution < -0.4 is 52.4 Å². The van der Waals surface area contributed by atoms with E-state index in [4.69, 9.17) is 4.42 Å². The zero-order chi connectivity index (χ0) is 44.6. The van der Waals surface area contributed by atoms with E-state index >= 15 is 0 Å². The normalized spacial score (nSPS) is 13.8. The summed E-state index contributed by atoms with van der Waals surface area (Å²) in [5.74, 6) is 0. The van der Waals surface area contributed by atoms with Crippen LogP contribution in [-0.4, -0.2) is 13.4 Å². The van der Waals surface area contributed by atoms with Gasteiger partial charge in [-0.05, 0) is 130 Å². The van der Waals surface area contributed by atoms with Crippen LogP contribution in [0.25, 0.3) is 21.9 Å². The Morgan fingerprint density at radius 1 is 0.324 bits per heavy atom. The summed E-state index contributed by atoms with van der Waals surface area (Å²) in [7, 11) is 0. The zero-order valence-corrected chi connectivity index (χ0v) is 37.2. The van der Waals surface area contributed by atoms with Gasteiger partial charge in [-0.3, -0.25) is 0 Å². The van der Waals surface area contributed by atoms with E-state index in [1.54, 1.807) is 0 Å². The second-order valence-corrected chi connectivity index (χ2v) is 18.5. The molecule has 1 aromatic heterocycles. The average molecular weight is 867 g/mol. The SMILES string of the molecule is Cc1cc2c3c(c1)N(c1ccccc1)c1cc4c(cc1B3c1ccccc1N2c1ccccc1)B1c2ccccc2N(c2ccccc2)c2cc3oc5ccccc5c3c(c21)N4c1ccccc1. The van der Waals surface area contributed by atoms with Crippen LogP contribution in [0.1, 0.15) is 5.56 Å². The second-order valence-electron chi connectivity index (χ2n) is 18.5. The summed E-state index contributed by atoms with van der Waals surface area (Å²) < 4.78 is 6.93. The standard InChI is InChI=1S/C61H40B2N4O/c1-39-34-53-59-54(35-39)66(42-24-10-4-11-25-42)51-37-52-48(36-47(51)62(59)45-29-15-17-31-49(45)64(53)40-20-6-2-7-21-40)63-46-30-16-18-32-50(46)65(41-22-8-3-9-23-41)55-38-57-58(44-28-14-19-33-56(44)68-57)61(60(55)63)67(52)43-26-12-5-13-27-43/h2-38H,1H3. The molecule has 316 valence electrons. The van der Waals surface area contributed by atoms with Crippen LogP contribution in [0.3, 0.4) is 0 Å². The van der Waals surface area contributed by atoms with Crippen molar-refractivity contribution >= 4 is 136 Å². The lowest BCUT2D eigenvalue weighted by molar-refractivity contribution is 0.669. The molecular formula is C61H40B2N4O. The highest BCUT2D eigenvalue weighted by Crippen LogP contribution is 2.51. The molecule has 0 atom stereocenters. The summed E-state index contributed by atoms with van der Waals surface area (Å²) in [4.78, 5) is 10.0. The van der Waals surface area contributed by atoms with Crippen molar-refractivity contribution in [2.24, 2.45) is 0 Å². The molecule has 0 saturated carbocycles. The number of rotatable bonds is 4. The molecule has 0 unspecified atom stereocenters. The molecule has 5 heterocycles. The van der Waals surface area contributed by atoms with Crippen LogP contribution in [0.2, 0.25) is 0 Å². The van der Waals surface area contributed by atoms with Crippen molar-refractivity contribution in [1.82, 2.24) is 0 Å².